The van der Waals surface area contributed by atoms with Crippen LogP contribution in [0, 0.1) is 0 Å². The first kappa shape index (κ1) is 23.1. The van der Waals surface area contributed by atoms with Crippen LogP contribution in [0.4, 0.5) is 18.0 Å². The molecule has 0 saturated carbocycles. The summed E-state index contributed by atoms with van der Waals surface area (Å²) in [6.07, 6.45) is -1.79. The second-order valence-corrected chi connectivity index (χ2v) is 7.74. The van der Waals surface area contributed by atoms with Crippen LogP contribution in [-0.4, -0.2) is 47.3 Å². The van der Waals surface area contributed by atoms with Crippen LogP contribution in [0.15, 0.2) is 71.0 Å². The smallest absolute Gasteiger partial charge is 0.416 e. The molecule has 34 heavy (non-hydrogen) atoms. The van der Waals surface area contributed by atoms with E-state index in [9.17, 15) is 27.6 Å². The fraction of sp³-hybridized carbons (Fsp3) is 0.261. The van der Waals surface area contributed by atoms with E-state index in [2.05, 4.69) is 17.2 Å². The van der Waals surface area contributed by atoms with Crippen molar-refractivity contribution in [2.45, 2.75) is 18.8 Å². The van der Waals surface area contributed by atoms with Crippen molar-refractivity contribution in [3.05, 3.63) is 83.5 Å². The zero-order valence-corrected chi connectivity index (χ0v) is 17.9. The molecule has 1 atom stereocenters. The van der Waals surface area contributed by atoms with Crippen LogP contribution in [0.3, 0.4) is 0 Å². The molecule has 2 aliphatic rings. The van der Waals surface area contributed by atoms with Gasteiger partial charge in [0.2, 0.25) is 5.91 Å². The van der Waals surface area contributed by atoms with Crippen molar-refractivity contribution < 1.29 is 32.0 Å². The number of urea groups is 1. The van der Waals surface area contributed by atoms with Crippen LogP contribution in [-0.2, 0) is 22.3 Å². The molecular weight excluding hydrogens is 453 g/mol. The minimum atomic E-state index is -4.69. The molecule has 1 unspecified atom stereocenters. The molecule has 3 heterocycles. The van der Waals surface area contributed by atoms with E-state index < -0.39 is 35.6 Å². The number of amides is 4. The van der Waals surface area contributed by atoms with Gasteiger partial charge in [-0.2, -0.15) is 13.2 Å². The first-order chi connectivity index (χ1) is 16.2. The zero-order valence-electron chi connectivity index (χ0n) is 17.9. The maximum absolute atomic E-state index is 13.7. The van der Waals surface area contributed by atoms with Crippen LogP contribution in [0.25, 0.3) is 0 Å². The van der Waals surface area contributed by atoms with E-state index in [1.165, 1.54) is 40.3 Å². The van der Waals surface area contributed by atoms with E-state index in [1.807, 2.05) is 0 Å². The fourth-order valence-corrected chi connectivity index (χ4v) is 4.07. The normalized spacial score (nSPS) is 18.1. The van der Waals surface area contributed by atoms with Gasteiger partial charge in [0.15, 0.2) is 0 Å². The lowest BCUT2D eigenvalue weighted by Gasteiger charge is -2.33. The standard InChI is InChI=1S/C23H21F3N4O4/c1-2-9-30-17-12-29(13-18(31)27-11-14-6-5-10-34-14)21(32)19(17)20(28-22(30)33)15-7-3-4-8-16(15)23(24,25)26/h2-8,10,20H,1,9,11-13H2,(H,27,31)(H,28,33). The molecule has 4 rings (SSSR count). The van der Waals surface area contributed by atoms with E-state index in [0.717, 1.165) is 6.07 Å². The van der Waals surface area contributed by atoms with Crippen LogP contribution in [0.2, 0.25) is 0 Å². The molecule has 0 radical (unpaired) electrons. The van der Waals surface area contributed by atoms with E-state index in [1.54, 1.807) is 12.1 Å². The fourth-order valence-electron chi connectivity index (χ4n) is 4.07. The average Bonchev–Trinajstić information content (AvgIpc) is 3.42. The van der Waals surface area contributed by atoms with Crippen molar-refractivity contribution in [3.63, 3.8) is 0 Å². The SMILES string of the molecule is C=CCN1C(=O)NC(c2ccccc2C(F)(F)F)C2=C1CN(CC(=O)NCc1ccco1)C2=O. The molecule has 0 fully saturated rings. The first-order valence-electron chi connectivity index (χ1n) is 10.4. The van der Waals surface area contributed by atoms with E-state index in [4.69, 9.17) is 4.42 Å². The number of carbonyl (C=O) groups is 3. The number of nitrogens with zero attached hydrogens (tertiary/aromatic N) is 2. The van der Waals surface area contributed by atoms with Crippen molar-refractivity contribution in [1.29, 1.82) is 0 Å². The second-order valence-electron chi connectivity index (χ2n) is 7.74. The van der Waals surface area contributed by atoms with Gasteiger partial charge in [-0.1, -0.05) is 24.3 Å². The highest BCUT2D eigenvalue weighted by molar-refractivity contribution is 6.03. The Hall–Kier alpha value is -4.02. The van der Waals surface area contributed by atoms with Crippen LogP contribution in [0.1, 0.15) is 22.9 Å². The number of rotatable bonds is 7. The van der Waals surface area contributed by atoms with Gasteiger partial charge in [-0.05, 0) is 23.8 Å². The van der Waals surface area contributed by atoms with Crippen molar-refractivity contribution in [1.82, 2.24) is 20.4 Å². The highest BCUT2D eigenvalue weighted by atomic mass is 19.4. The molecule has 0 saturated heterocycles. The summed E-state index contributed by atoms with van der Waals surface area (Å²) >= 11 is 0. The van der Waals surface area contributed by atoms with Gasteiger partial charge in [0.25, 0.3) is 5.91 Å². The quantitative estimate of drug-likeness (QED) is 0.604. The zero-order chi connectivity index (χ0) is 24.5. The second kappa shape index (κ2) is 9.08. The number of nitrogens with one attached hydrogen (secondary N) is 2. The number of carbonyl (C=O) groups excluding carboxylic acids is 3. The van der Waals surface area contributed by atoms with E-state index in [-0.39, 0.29) is 43.0 Å². The predicted octanol–water partition coefficient (Wildman–Crippen LogP) is 2.96. The third kappa shape index (κ3) is 4.41. The van der Waals surface area contributed by atoms with Gasteiger partial charge in [0.05, 0.1) is 42.2 Å². The minimum Gasteiger partial charge on any atom is -0.467 e. The van der Waals surface area contributed by atoms with Gasteiger partial charge in [-0.3, -0.25) is 14.5 Å². The summed E-state index contributed by atoms with van der Waals surface area (Å²) < 4.78 is 46.2. The lowest BCUT2D eigenvalue weighted by atomic mass is 9.91. The van der Waals surface area contributed by atoms with Crippen molar-refractivity contribution in [3.8, 4) is 0 Å². The Balaban J connectivity index is 1.63. The molecule has 2 N–H and O–H groups in total. The predicted molar refractivity (Wildman–Crippen MR) is 114 cm³/mol. The Bertz CT molecular complexity index is 1160. The largest absolute Gasteiger partial charge is 0.467 e. The van der Waals surface area contributed by atoms with Gasteiger partial charge in [-0.15, -0.1) is 6.58 Å². The lowest BCUT2D eigenvalue weighted by molar-refractivity contribution is -0.138. The molecule has 11 heteroatoms. The van der Waals surface area contributed by atoms with Crippen LogP contribution < -0.4 is 10.6 Å². The summed E-state index contributed by atoms with van der Waals surface area (Å²) in [5.74, 6) is -0.583. The molecule has 1 aromatic heterocycles. The van der Waals surface area contributed by atoms with Gasteiger partial charge >= 0.3 is 12.2 Å². The third-order valence-electron chi connectivity index (χ3n) is 5.56. The molecular formula is C23H21F3N4O4. The van der Waals surface area contributed by atoms with Crippen molar-refractivity contribution in [2.24, 2.45) is 0 Å². The van der Waals surface area contributed by atoms with Crippen molar-refractivity contribution in [2.75, 3.05) is 19.6 Å². The number of halogens is 3. The lowest BCUT2D eigenvalue weighted by Crippen LogP contribution is -2.47. The molecule has 178 valence electrons. The summed E-state index contributed by atoms with van der Waals surface area (Å²) in [4.78, 5) is 40.9. The minimum absolute atomic E-state index is 0.00279. The molecule has 2 aromatic rings. The molecule has 8 nitrogen and oxygen atoms in total. The Morgan fingerprint density at radius 1 is 1.24 bits per heavy atom. The number of furan rings is 1. The maximum Gasteiger partial charge on any atom is 0.416 e. The van der Waals surface area contributed by atoms with Gasteiger partial charge in [-0.25, -0.2) is 4.79 Å². The Kier molecular flexibility index (Phi) is 6.18. The van der Waals surface area contributed by atoms with E-state index in [0.29, 0.717) is 5.76 Å². The summed E-state index contributed by atoms with van der Waals surface area (Å²) in [6.45, 7) is 3.32. The summed E-state index contributed by atoms with van der Waals surface area (Å²) in [5.41, 5.74) is -0.954. The highest BCUT2D eigenvalue weighted by Crippen LogP contribution is 2.41. The molecule has 0 spiro atoms. The number of hydrogen-bond acceptors (Lipinski definition) is 4. The maximum atomic E-state index is 13.7. The summed E-state index contributed by atoms with van der Waals surface area (Å²) in [6, 6.07) is 6.15. The monoisotopic (exact) mass is 474 g/mol. The third-order valence-corrected chi connectivity index (χ3v) is 5.56. The van der Waals surface area contributed by atoms with Crippen molar-refractivity contribution >= 4 is 17.8 Å². The first-order valence-corrected chi connectivity index (χ1v) is 10.4. The van der Waals surface area contributed by atoms with Crippen LogP contribution >= 0.6 is 0 Å². The number of alkyl halides is 3. The molecule has 0 bridgehead atoms. The van der Waals surface area contributed by atoms with Gasteiger partial charge < -0.3 is 20.0 Å². The highest BCUT2D eigenvalue weighted by Gasteiger charge is 2.46. The Labute approximate surface area is 192 Å². The molecule has 1 aromatic carbocycles. The Morgan fingerprint density at radius 2 is 2.00 bits per heavy atom. The molecule has 0 aliphatic carbocycles. The molecule has 4 amide bonds. The topological polar surface area (TPSA) is 94.9 Å². The summed E-state index contributed by atoms with van der Waals surface area (Å²) in [5, 5.41) is 5.15. The van der Waals surface area contributed by atoms with Gasteiger partial charge in [0, 0.05) is 6.54 Å². The van der Waals surface area contributed by atoms with E-state index >= 15 is 0 Å². The van der Waals surface area contributed by atoms with Crippen LogP contribution in [0.5, 0.6) is 0 Å². The Morgan fingerprint density at radius 3 is 2.68 bits per heavy atom. The molecule has 2 aliphatic heterocycles. The van der Waals surface area contributed by atoms with Gasteiger partial charge in [0.1, 0.15) is 12.3 Å². The number of hydrogen-bond donors (Lipinski definition) is 2. The summed E-state index contributed by atoms with van der Waals surface area (Å²) in [7, 11) is 0. The number of benzene rings is 1. The average molecular weight is 474 g/mol.